The van der Waals surface area contributed by atoms with Gasteiger partial charge in [0.1, 0.15) is 0 Å². The first kappa shape index (κ1) is 9.26. The van der Waals surface area contributed by atoms with E-state index in [0.29, 0.717) is 5.56 Å². The zero-order chi connectivity index (χ0) is 8.97. The zero-order valence-corrected chi connectivity index (χ0v) is 8.19. The Balaban J connectivity index is 3.00. The predicted octanol–water partition coefficient (Wildman–Crippen LogP) is 0.276. The summed E-state index contributed by atoms with van der Waals surface area (Å²) in [6, 6.07) is 6.87. The van der Waals surface area contributed by atoms with Crippen LogP contribution >= 0.6 is 0 Å². The van der Waals surface area contributed by atoms with Crippen LogP contribution in [0.5, 0.6) is 0 Å². The third kappa shape index (κ3) is 2.08. The Bertz CT molecular complexity index is 285. The van der Waals surface area contributed by atoms with Crippen molar-refractivity contribution in [2.24, 2.45) is 0 Å². The number of carboxylic acids is 1. The van der Waals surface area contributed by atoms with Crippen LogP contribution < -0.4 is 4.46 Å². The average molecular weight is 231 g/mol. The van der Waals surface area contributed by atoms with Crippen LogP contribution in [-0.2, 0) is 3.82 Å². The molecule has 0 saturated heterocycles. The Hall–Kier alpha value is -0.831. The number of carboxylic acid groups (broad SMARTS) is 1. The van der Waals surface area contributed by atoms with Crippen LogP contribution in [0.4, 0.5) is 0 Å². The molecule has 0 aliphatic heterocycles. The number of hydrogen-bond donors (Lipinski definition) is 1. The van der Waals surface area contributed by atoms with Gasteiger partial charge in [0.15, 0.2) is 0 Å². The second-order valence-corrected chi connectivity index (χ2v) is 4.02. The maximum absolute atomic E-state index is 10.7. The molecule has 12 heavy (non-hydrogen) atoms. The fourth-order valence-corrected chi connectivity index (χ4v) is 1.98. The Morgan fingerprint density at radius 1 is 1.50 bits per heavy atom. The van der Waals surface area contributed by atoms with Crippen molar-refractivity contribution in [3.63, 3.8) is 0 Å². The van der Waals surface area contributed by atoms with Gasteiger partial charge in [0.25, 0.3) is 0 Å². The quantitative estimate of drug-likeness (QED) is 0.760. The predicted molar refractivity (Wildman–Crippen MR) is 45.8 cm³/mol. The third-order valence-corrected chi connectivity index (χ3v) is 2.76. The van der Waals surface area contributed by atoms with E-state index in [1.54, 1.807) is 25.3 Å². The molecule has 0 saturated carbocycles. The minimum atomic E-state index is -0.899. The summed E-state index contributed by atoms with van der Waals surface area (Å²) >= 11 is -0.199. The van der Waals surface area contributed by atoms with Crippen LogP contribution in [0, 0.1) is 0 Å². The van der Waals surface area contributed by atoms with Gasteiger partial charge < -0.3 is 0 Å². The Kier molecular flexibility index (Phi) is 3.29. The van der Waals surface area contributed by atoms with E-state index in [0.717, 1.165) is 4.46 Å². The molecule has 1 rings (SSSR count). The first-order chi connectivity index (χ1) is 5.75. The average Bonchev–Trinajstić information content (AvgIpc) is 2.05. The van der Waals surface area contributed by atoms with Gasteiger partial charge in [0, 0.05) is 0 Å². The molecule has 0 spiro atoms. The molecule has 0 fully saturated rings. The van der Waals surface area contributed by atoms with Crippen LogP contribution in [-0.4, -0.2) is 33.5 Å². The molecule has 0 aliphatic rings. The monoisotopic (exact) mass is 232 g/mol. The fraction of sp³-hybridized carbons (Fsp3) is 0.125. The molecule has 0 amide bonds. The van der Waals surface area contributed by atoms with Crippen molar-refractivity contribution >= 4 is 25.7 Å². The van der Waals surface area contributed by atoms with Gasteiger partial charge in [-0.2, -0.15) is 0 Å². The second kappa shape index (κ2) is 4.26. The molecule has 0 unspecified atom stereocenters. The fourth-order valence-electron chi connectivity index (χ4n) is 0.806. The summed E-state index contributed by atoms with van der Waals surface area (Å²) in [5.41, 5.74) is 0.333. The topological polar surface area (TPSA) is 46.5 Å². The molecule has 1 aromatic carbocycles. The van der Waals surface area contributed by atoms with Gasteiger partial charge in [-0.3, -0.25) is 0 Å². The molecule has 1 N–H and O–H groups in total. The van der Waals surface area contributed by atoms with Crippen LogP contribution in [0.1, 0.15) is 10.4 Å². The Morgan fingerprint density at radius 3 is 2.75 bits per heavy atom. The van der Waals surface area contributed by atoms with E-state index in [1.807, 2.05) is 6.07 Å². The third-order valence-electron chi connectivity index (χ3n) is 1.29. The second-order valence-electron chi connectivity index (χ2n) is 2.05. The molecule has 3 nitrogen and oxygen atoms in total. The number of rotatable bonds is 3. The first-order valence-corrected chi connectivity index (χ1v) is 4.84. The molecule has 0 radical (unpaired) electrons. The summed E-state index contributed by atoms with van der Waals surface area (Å²) in [6.45, 7) is 0. The van der Waals surface area contributed by atoms with Crippen molar-refractivity contribution in [2.45, 2.75) is 0 Å². The van der Waals surface area contributed by atoms with Crippen molar-refractivity contribution in [1.82, 2.24) is 0 Å². The zero-order valence-electron chi connectivity index (χ0n) is 6.48. The molecule has 0 bridgehead atoms. The number of carbonyl (C=O) groups is 1. The SMILES string of the molecule is CO[Se]c1ccccc1C(=O)O. The van der Waals surface area contributed by atoms with E-state index in [4.69, 9.17) is 8.93 Å². The van der Waals surface area contributed by atoms with Crippen LogP contribution in [0.3, 0.4) is 0 Å². The summed E-state index contributed by atoms with van der Waals surface area (Å²) in [4.78, 5) is 10.7. The summed E-state index contributed by atoms with van der Waals surface area (Å²) < 4.78 is 5.68. The van der Waals surface area contributed by atoms with E-state index < -0.39 is 5.97 Å². The maximum atomic E-state index is 10.7. The molecule has 0 atom stereocenters. The Labute approximate surface area is 76.8 Å². The van der Waals surface area contributed by atoms with Gasteiger partial charge in [-0.1, -0.05) is 0 Å². The number of hydrogen-bond acceptors (Lipinski definition) is 2. The van der Waals surface area contributed by atoms with Gasteiger partial charge in [-0.15, -0.1) is 0 Å². The van der Waals surface area contributed by atoms with Crippen molar-refractivity contribution < 1.29 is 13.7 Å². The minimum absolute atomic E-state index is 0.199. The summed E-state index contributed by atoms with van der Waals surface area (Å²) in [7, 11) is 1.57. The van der Waals surface area contributed by atoms with Gasteiger partial charge in [0.2, 0.25) is 0 Å². The van der Waals surface area contributed by atoms with E-state index in [2.05, 4.69) is 0 Å². The summed E-state index contributed by atoms with van der Waals surface area (Å²) in [6.07, 6.45) is 0. The molecule has 0 aliphatic carbocycles. The van der Waals surface area contributed by atoms with Crippen molar-refractivity contribution in [2.75, 3.05) is 7.11 Å². The van der Waals surface area contributed by atoms with Crippen molar-refractivity contribution in [1.29, 1.82) is 0 Å². The standard InChI is InChI=1S/C8H8O3Se/c1-11-12-7-5-3-2-4-6(7)8(9)10/h2-5H,1H3,(H,9,10). The van der Waals surface area contributed by atoms with Gasteiger partial charge in [0.05, 0.1) is 0 Å². The number of aromatic carboxylic acids is 1. The molecule has 1 aromatic rings. The number of benzene rings is 1. The Morgan fingerprint density at radius 2 is 2.17 bits per heavy atom. The van der Waals surface area contributed by atoms with E-state index in [9.17, 15) is 4.79 Å². The van der Waals surface area contributed by atoms with Crippen molar-refractivity contribution in [3.8, 4) is 0 Å². The van der Waals surface area contributed by atoms with Gasteiger partial charge in [-0.25, -0.2) is 0 Å². The molecule has 4 heteroatoms. The van der Waals surface area contributed by atoms with Crippen LogP contribution in [0.15, 0.2) is 24.3 Å². The first-order valence-electron chi connectivity index (χ1n) is 3.28. The van der Waals surface area contributed by atoms with Gasteiger partial charge in [-0.05, 0) is 0 Å². The molecule has 64 valence electrons. The van der Waals surface area contributed by atoms with Gasteiger partial charge >= 0.3 is 76.4 Å². The molecule has 0 aromatic heterocycles. The van der Waals surface area contributed by atoms with Crippen molar-refractivity contribution in [3.05, 3.63) is 29.8 Å². The molecule has 0 heterocycles. The van der Waals surface area contributed by atoms with Crippen LogP contribution in [0.2, 0.25) is 0 Å². The molecular formula is C8H8O3Se. The molecular weight excluding hydrogens is 223 g/mol. The van der Waals surface area contributed by atoms with E-state index >= 15 is 0 Å². The summed E-state index contributed by atoms with van der Waals surface area (Å²) in [5, 5.41) is 8.75. The normalized spacial score (nSPS) is 9.75. The van der Waals surface area contributed by atoms with E-state index in [-0.39, 0.29) is 15.3 Å². The van der Waals surface area contributed by atoms with E-state index in [1.165, 1.54) is 0 Å². The summed E-state index contributed by atoms with van der Waals surface area (Å²) in [5.74, 6) is -0.899. The van der Waals surface area contributed by atoms with Crippen LogP contribution in [0.25, 0.3) is 0 Å².